The van der Waals surface area contributed by atoms with Crippen molar-refractivity contribution in [1.82, 2.24) is 9.97 Å². The van der Waals surface area contributed by atoms with Crippen LogP contribution in [0, 0.1) is 0 Å². The molecule has 0 saturated carbocycles. The predicted octanol–water partition coefficient (Wildman–Crippen LogP) is 5.79. The van der Waals surface area contributed by atoms with Crippen molar-refractivity contribution >= 4 is 34.1 Å². The van der Waals surface area contributed by atoms with Gasteiger partial charge in [-0.15, -0.1) is 0 Å². The standard InChI is InChI=1S/C24H20F3N5O/c25-24(26,27)16-3-1-4-17(13-16)30-23(33)31-20-5-2-6-21-19(20)9-12-32(21)14-15-7-10-28-22-18(15)8-11-29-22/h1-8,10-11,13H,9,12,14H2,(H,28,29)(H2,30,31,33). The number of nitrogens with zero attached hydrogens (tertiary/aromatic N) is 2. The fraction of sp³-hybridized carbons (Fsp3) is 0.167. The van der Waals surface area contributed by atoms with Gasteiger partial charge in [0.25, 0.3) is 0 Å². The molecule has 168 valence electrons. The molecule has 0 saturated heterocycles. The molecule has 0 spiro atoms. The summed E-state index contributed by atoms with van der Waals surface area (Å²) in [7, 11) is 0. The van der Waals surface area contributed by atoms with E-state index in [1.807, 2.05) is 30.5 Å². The number of amides is 2. The lowest BCUT2D eigenvalue weighted by Gasteiger charge is -2.20. The third-order valence-corrected chi connectivity index (χ3v) is 5.73. The van der Waals surface area contributed by atoms with Crippen molar-refractivity contribution in [2.45, 2.75) is 19.1 Å². The molecule has 5 rings (SSSR count). The van der Waals surface area contributed by atoms with E-state index in [4.69, 9.17) is 0 Å². The van der Waals surface area contributed by atoms with Gasteiger partial charge in [0, 0.05) is 53.5 Å². The second-order valence-corrected chi connectivity index (χ2v) is 7.84. The molecule has 2 aromatic heterocycles. The first-order chi connectivity index (χ1) is 15.9. The van der Waals surface area contributed by atoms with Crippen LogP contribution in [0.5, 0.6) is 0 Å². The Labute approximate surface area is 187 Å². The van der Waals surface area contributed by atoms with Crippen LogP contribution in [0.15, 0.2) is 67.0 Å². The van der Waals surface area contributed by atoms with Crippen LogP contribution in [-0.2, 0) is 19.1 Å². The number of H-pyrrole nitrogens is 1. The second-order valence-electron chi connectivity index (χ2n) is 7.84. The van der Waals surface area contributed by atoms with Gasteiger partial charge in [-0.25, -0.2) is 9.78 Å². The minimum atomic E-state index is -4.47. The quantitative estimate of drug-likeness (QED) is 0.368. The highest BCUT2D eigenvalue weighted by Gasteiger charge is 2.30. The number of carbonyl (C=O) groups is 1. The van der Waals surface area contributed by atoms with Crippen molar-refractivity contribution in [2.24, 2.45) is 0 Å². The van der Waals surface area contributed by atoms with Gasteiger partial charge in [-0.3, -0.25) is 0 Å². The summed E-state index contributed by atoms with van der Waals surface area (Å²) < 4.78 is 38.8. The van der Waals surface area contributed by atoms with Crippen LogP contribution in [0.25, 0.3) is 11.0 Å². The number of pyridine rings is 1. The lowest BCUT2D eigenvalue weighted by Crippen LogP contribution is -2.21. The molecule has 1 aliphatic rings. The summed E-state index contributed by atoms with van der Waals surface area (Å²) >= 11 is 0. The maximum Gasteiger partial charge on any atom is 0.416 e. The number of alkyl halides is 3. The van der Waals surface area contributed by atoms with Gasteiger partial charge in [-0.2, -0.15) is 13.2 Å². The Morgan fingerprint density at radius 2 is 1.94 bits per heavy atom. The summed E-state index contributed by atoms with van der Waals surface area (Å²) in [6, 6.07) is 13.6. The summed E-state index contributed by atoms with van der Waals surface area (Å²) in [5.74, 6) is 0. The van der Waals surface area contributed by atoms with Crippen LogP contribution >= 0.6 is 0 Å². The molecular formula is C24H20F3N5O. The van der Waals surface area contributed by atoms with Crippen LogP contribution in [0.4, 0.5) is 35.0 Å². The monoisotopic (exact) mass is 451 g/mol. The molecule has 6 nitrogen and oxygen atoms in total. The minimum Gasteiger partial charge on any atom is -0.367 e. The molecular weight excluding hydrogens is 431 g/mol. The van der Waals surface area contributed by atoms with Gasteiger partial charge >= 0.3 is 12.2 Å². The van der Waals surface area contributed by atoms with Crippen LogP contribution < -0.4 is 15.5 Å². The van der Waals surface area contributed by atoms with E-state index in [-0.39, 0.29) is 5.69 Å². The average molecular weight is 451 g/mol. The smallest absolute Gasteiger partial charge is 0.367 e. The van der Waals surface area contributed by atoms with Gasteiger partial charge in [0.15, 0.2) is 0 Å². The average Bonchev–Trinajstić information content (AvgIpc) is 3.42. The Balaban J connectivity index is 1.32. The van der Waals surface area contributed by atoms with Crippen molar-refractivity contribution in [3.8, 4) is 0 Å². The molecule has 33 heavy (non-hydrogen) atoms. The second kappa shape index (κ2) is 8.16. The number of carbonyl (C=O) groups excluding carboxylic acids is 1. The zero-order valence-electron chi connectivity index (χ0n) is 17.4. The maximum absolute atomic E-state index is 12.9. The van der Waals surface area contributed by atoms with Gasteiger partial charge in [-0.1, -0.05) is 12.1 Å². The minimum absolute atomic E-state index is 0.0738. The van der Waals surface area contributed by atoms with Crippen molar-refractivity contribution in [1.29, 1.82) is 0 Å². The number of aromatic nitrogens is 2. The van der Waals surface area contributed by atoms with Gasteiger partial charge < -0.3 is 20.5 Å². The molecule has 4 aromatic rings. The highest BCUT2D eigenvalue weighted by atomic mass is 19.4. The van der Waals surface area contributed by atoms with Crippen molar-refractivity contribution < 1.29 is 18.0 Å². The van der Waals surface area contributed by atoms with E-state index in [0.717, 1.165) is 52.9 Å². The maximum atomic E-state index is 12.9. The molecule has 0 fully saturated rings. The normalized spacial score (nSPS) is 13.2. The first-order valence-corrected chi connectivity index (χ1v) is 10.4. The number of hydrogen-bond acceptors (Lipinski definition) is 3. The molecule has 3 N–H and O–H groups in total. The number of benzene rings is 2. The number of fused-ring (bicyclic) bond motifs is 2. The fourth-order valence-electron chi connectivity index (χ4n) is 4.20. The van der Waals surface area contributed by atoms with Crippen LogP contribution in [0.3, 0.4) is 0 Å². The summed E-state index contributed by atoms with van der Waals surface area (Å²) in [4.78, 5) is 22.2. The lowest BCUT2D eigenvalue weighted by atomic mass is 10.1. The number of nitrogens with one attached hydrogen (secondary N) is 3. The highest BCUT2D eigenvalue weighted by molar-refractivity contribution is 6.01. The Hall–Kier alpha value is -4.01. The van der Waals surface area contributed by atoms with E-state index in [1.165, 1.54) is 12.1 Å². The number of hydrogen-bond donors (Lipinski definition) is 3. The fourth-order valence-corrected chi connectivity index (χ4v) is 4.20. The molecule has 0 unspecified atom stereocenters. The van der Waals surface area contributed by atoms with Crippen LogP contribution in [0.2, 0.25) is 0 Å². The van der Waals surface area contributed by atoms with Gasteiger partial charge in [0.1, 0.15) is 5.65 Å². The van der Waals surface area contributed by atoms with Crippen molar-refractivity contribution in [2.75, 3.05) is 22.1 Å². The Morgan fingerprint density at radius 3 is 2.79 bits per heavy atom. The van der Waals surface area contributed by atoms with E-state index >= 15 is 0 Å². The lowest BCUT2D eigenvalue weighted by molar-refractivity contribution is -0.137. The van der Waals surface area contributed by atoms with Crippen LogP contribution in [0.1, 0.15) is 16.7 Å². The summed E-state index contributed by atoms with van der Waals surface area (Å²) in [6.07, 6.45) is -0.0826. The molecule has 9 heteroatoms. The van der Waals surface area contributed by atoms with Gasteiger partial charge in [0.05, 0.1) is 5.56 Å². The van der Waals surface area contributed by atoms with Crippen molar-refractivity contribution in [3.63, 3.8) is 0 Å². The van der Waals surface area contributed by atoms with Crippen LogP contribution in [-0.4, -0.2) is 22.5 Å². The predicted molar refractivity (Wildman–Crippen MR) is 121 cm³/mol. The Bertz CT molecular complexity index is 1330. The first-order valence-electron chi connectivity index (χ1n) is 10.4. The first kappa shape index (κ1) is 20.9. The number of anilines is 3. The Morgan fingerprint density at radius 1 is 1.09 bits per heavy atom. The largest absolute Gasteiger partial charge is 0.416 e. The third-order valence-electron chi connectivity index (χ3n) is 5.73. The molecule has 0 bridgehead atoms. The molecule has 3 heterocycles. The topological polar surface area (TPSA) is 73.1 Å². The highest BCUT2D eigenvalue weighted by Crippen LogP contribution is 2.35. The number of urea groups is 1. The molecule has 0 atom stereocenters. The summed E-state index contributed by atoms with van der Waals surface area (Å²) in [5.41, 5.74) is 3.90. The molecule has 0 radical (unpaired) electrons. The van der Waals surface area contributed by atoms with Gasteiger partial charge in [-0.05, 0) is 54.4 Å². The van der Waals surface area contributed by atoms with E-state index in [9.17, 15) is 18.0 Å². The zero-order valence-corrected chi connectivity index (χ0v) is 17.4. The summed E-state index contributed by atoms with van der Waals surface area (Å²) in [5, 5.41) is 6.34. The van der Waals surface area contributed by atoms with E-state index in [0.29, 0.717) is 12.2 Å². The Kier molecular flexibility index (Phi) is 5.16. The SMILES string of the molecule is O=C(Nc1cccc(C(F)(F)F)c1)Nc1cccc2c1CCN2Cc1ccnc2[nH]ccc12. The molecule has 2 amide bonds. The molecule has 0 aliphatic carbocycles. The molecule has 2 aromatic carbocycles. The van der Waals surface area contributed by atoms with E-state index < -0.39 is 17.8 Å². The third kappa shape index (κ3) is 4.21. The summed E-state index contributed by atoms with van der Waals surface area (Å²) in [6.45, 7) is 1.49. The van der Waals surface area contributed by atoms with E-state index in [1.54, 1.807) is 12.3 Å². The molecule has 1 aliphatic heterocycles. The van der Waals surface area contributed by atoms with E-state index in [2.05, 4.69) is 25.5 Å². The van der Waals surface area contributed by atoms with Crippen molar-refractivity contribution in [3.05, 3.63) is 83.7 Å². The number of halogens is 3. The number of rotatable bonds is 4. The number of aromatic amines is 1. The van der Waals surface area contributed by atoms with Gasteiger partial charge in [0.2, 0.25) is 0 Å². The zero-order chi connectivity index (χ0) is 23.0.